The molecule has 1 heterocycles. The number of allylic oxidation sites excluding steroid dienone is 3. The molecule has 1 rings (SSSR count). The van der Waals surface area contributed by atoms with Gasteiger partial charge in [0.2, 0.25) is 0 Å². The summed E-state index contributed by atoms with van der Waals surface area (Å²) in [6.07, 6.45) is 4.40. The minimum absolute atomic E-state index is 0.125. The molecule has 0 bridgehead atoms. The van der Waals surface area contributed by atoms with Crippen molar-refractivity contribution in [1.29, 1.82) is 0 Å². The average Bonchev–Trinajstić information content (AvgIpc) is 2.90. The standard InChI is InChI=1S/C16H20F3N3.C8H18.C4H8.2C2H6.CH2O/c1-5-13(16(17,18)19)15(22-11(3)4)21-10-12-8-7-9-20-14(12)6-2;1-4-6-8(3)7-5-2;1-4(2)3;3*1-2/h5,7-9H,3,6,10H2,1-2,4H3,(H,21,22);8H,4-7H2,1-3H3;1H2,2-3H3;2*1-2H3;1H2/b13-5+;;;;;. The van der Waals surface area contributed by atoms with Gasteiger partial charge in [0.15, 0.2) is 0 Å². The Labute approximate surface area is 245 Å². The molecular weight excluding hydrogens is 511 g/mol. The van der Waals surface area contributed by atoms with Crippen LogP contribution in [0.4, 0.5) is 13.2 Å². The summed E-state index contributed by atoms with van der Waals surface area (Å²) in [4.78, 5) is 16.3. The monoisotopic (exact) mass is 571 g/mol. The molecule has 0 saturated carbocycles. The lowest BCUT2D eigenvalue weighted by Gasteiger charge is -2.16. The van der Waals surface area contributed by atoms with Crippen molar-refractivity contribution in [1.82, 2.24) is 10.3 Å². The molecule has 234 valence electrons. The maximum Gasteiger partial charge on any atom is 0.419 e. The van der Waals surface area contributed by atoms with Gasteiger partial charge >= 0.3 is 6.18 Å². The summed E-state index contributed by atoms with van der Waals surface area (Å²) in [5.41, 5.74) is 2.39. The van der Waals surface area contributed by atoms with Gasteiger partial charge in [-0.2, -0.15) is 13.2 Å². The number of hydrogen-bond acceptors (Lipinski definition) is 3. The molecule has 0 radical (unpaired) electrons. The van der Waals surface area contributed by atoms with Crippen LogP contribution in [0.3, 0.4) is 0 Å². The van der Waals surface area contributed by atoms with Gasteiger partial charge < -0.3 is 10.1 Å². The first-order chi connectivity index (χ1) is 18.8. The number of aryl methyl sites for hydroxylation is 1. The van der Waals surface area contributed by atoms with Crippen molar-refractivity contribution in [3.63, 3.8) is 0 Å². The topological polar surface area (TPSA) is 54.4 Å². The zero-order valence-electron chi connectivity index (χ0n) is 27.7. The smallest absolute Gasteiger partial charge is 0.344 e. The Morgan fingerprint density at radius 2 is 1.48 bits per heavy atom. The molecule has 0 aliphatic carbocycles. The highest BCUT2D eigenvalue weighted by Crippen LogP contribution is 2.26. The molecule has 0 aliphatic heterocycles. The van der Waals surface area contributed by atoms with E-state index in [9.17, 15) is 13.2 Å². The first kappa shape index (κ1) is 47.1. The maximum absolute atomic E-state index is 13.1. The lowest BCUT2D eigenvalue weighted by atomic mass is 10.0. The number of nitrogens with one attached hydrogen (secondary N) is 1. The lowest BCUT2D eigenvalue weighted by molar-refractivity contribution is -0.0980. The van der Waals surface area contributed by atoms with Crippen LogP contribution in [0.25, 0.3) is 0 Å². The number of alkyl halides is 3. The second kappa shape index (κ2) is 32.5. The number of pyridine rings is 1. The summed E-state index contributed by atoms with van der Waals surface area (Å²) >= 11 is 0. The molecule has 1 aromatic heterocycles. The molecule has 40 heavy (non-hydrogen) atoms. The fraction of sp³-hybridized carbons (Fsp3) is 0.606. The summed E-state index contributed by atoms with van der Waals surface area (Å²) in [7, 11) is 0. The van der Waals surface area contributed by atoms with Crippen molar-refractivity contribution < 1.29 is 18.0 Å². The zero-order valence-corrected chi connectivity index (χ0v) is 27.7. The molecule has 0 spiro atoms. The predicted octanol–water partition coefficient (Wildman–Crippen LogP) is 10.8. The second-order valence-electron chi connectivity index (χ2n) is 8.62. The quantitative estimate of drug-likeness (QED) is 0.182. The average molecular weight is 572 g/mol. The Morgan fingerprint density at radius 1 is 1.02 bits per heavy atom. The van der Waals surface area contributed by atoms with E-state index in [1.165, 1.54) is 38.2 Å². The Hall–Kier alpha value is -2.70. The van der Waals surface area contributed by atoms with Crippen LogP contribution >= 0.6 is 0 Å². The Bertz CT molecular complexity index is 790. The Balaban J connectivity index is -0.000000187. The minimum Gasteiger partial charge on any atom is -0.344 e. The number of carbonyl (C=O) groups is 1. The van der Waals surface area contributed by atoms with Gasteiger partial charge in [-0.1, -0.05) is 105 Å². The van der Waals surface area contributed by atoms with Crippen LogP contribution < -0.4 is 5.32 Å². The molecule has 1 N–H and O–H groups in total. The van der Waals surface area contributed by atoms with Crippen LogP contribution in [0.1, 0.15) is 120 Å². The van der Waals surface area contributed by atoms with E-state index in [1.54, 1.807) is 19.2 Å². The van der Waals surface area contributed by atoms with Gasteiger partial charge in [0, 0.05) is 17.6 Å². The minimum atomic E-state index is -4.47. The van der Waals surface area contributed by atoms with Gasteiger partial charge in [0.1, 0.15) is 12.6 Å². The fourth-order valence-corrected chi connectivity index (χ4v) is 3.06. The first-order valence-electron chi connectivity index (χ1n) is 14.4. The first-order valence-corrected chi connectivity index (χ1v) is 14.4. The number of aromatic nitrogens is 1. The molecule has 4 nitrogen and oxygen atoms in total. The van der Waals surface area contributed by atoms with Crippen molar-refractivity contribution in [2.75, 3.05) is 0 Å². The summed E-state index contributed by atoms with van der Waals surface area (Å²) in [5, 5.41) is 2.59. The van der Waals surface area contributed by atoms with E-state index in [0.29, 0.717) is 12.1 Å². The van der Waals surface area contributed by atoms with Crippen LogP contribution in [-0.2, 0) is 17.8 Å². The number of rotatable bonds is 9. The van der Waals surface area contributed by atoms with Crippen molar-refractivity contribution in [2.45, 2.75) is 128 Å². The molecule has 0 saturated heterocycles. The van der Waals surface area contributed by atoms with E-state index in [4.69, 9.17) is 4.79 Å². The third-order valence-corrected chi connectivity index (χ3v) is 4.47. The van der Waals surface area contributed by atoms with E-state index in [1.807, 2.05) is 61.3 Å². The maximum atomic E-state index is 13.1. The molecular formula is C33H60F3N3O. The van der Waals surface area contributed by atoms with E-state index < -0.39 is 11.7 Å². The third-order valence-electron chi connectivity index (χ3n) is 4.47. The number of hydrogen-bond donors (Lipinski definition) is 1. The molecule has 0 unspecified atom stereocenters. The van der Waals surface area contributed by atoms with Crippen LogP contribution in [0.2, 0.25) is 0 Å². The lowest BCUT2D eigenvalue weighted by Crippen LogP contribution is -2.31. The molecule has 0 aromatic carbocycles. The summed E-state index contributed by atoms with van der Waals surface area (Å²) < 4.78 is 39.2. The second-order valence-corrected chi connectivity index (χ2v) is 8.62. The summed E-state index contributed by atoms with van der Waals surface area (Å²) in [6.45, 7) is 32.9. The molecule has 1 aromatic rings. The van der Waals surface area contributed by atoms with Gasteiger partial charge in [-0.3, -0.25) is 9.98 Å². The predicted molar refractivity (Wildman–Crippen MR) is 172 cm³/mol. The van der Waals surface area contributed by atoms with Crippen LogP contribution in [0.15, 0.2) is 59.4 Å². The molecule has 0 aliphatic rings. The van der Waals surface area contributed by atoms with Crippen molar-refractivity contribution in [2.24, 2.45) is 10.9 Å². The van der Waals surface area contributed by atoms with E-state index in [-0.39, 0.29) is 12.4 Å². The van der Waals surface area contributed by atoms with Crippen molar-refractivity contribution in [3.8, 4) is 0 Å². The highest BCUT2D eigenvalue weighted by Gasteiger charge is 2.36. The molecule has 0 fully saturated rings. The SMILES string of the molecule is C=C(C)C.C=C(C)NC(=NCc1cccnc1CC)/C(=C\C)C(F)(F)F.C=O.CC.CC.CCCC(C)CCC. The highest BCUT2D eigenvalue weighted by molar-refractivity contribution is 6.00. The molecule has 0 amide bonds. The van der Waals surface area contributed by atoms with Crippen LogP contribution in [0, 0.1) is 5.92 Å². The number of nitrogens with zero attached hydrogens (tertiary/aromatic N) is 2. The Morgan fingerprint density at radius 3 is 1.80 bits per heavy atom. The molecule has 0 atom stereocenters. The number of amidine groups is 1. The number of halogens is 3. The number of aliphatic imine (C=N–C) groups is 1. The van der Waals surface area contributed by atoms with Gasteiger partial charge in [-0.25, -0.2) is 0 Å². The van der Waals surface area contributed by atoms with E-state index in [0.717, 1.165) is 23.3 Å². The van der Waals surface area contributed by atoms with Crippen molar-refractivity contribution >= 4 is 12.6 Å². The van der Waals surface area contributed by atoms with E-state index in [2.05, 4.69) is 49.2 Å². The highest BCUT2D eigenvalue weighted by atomic mass is 19.4. The summed E-state index contributed by atoms with van der Waals surface area (Å²) in [5.74, 6) is 0.735. The number of carbonyl (C=O) groups excluding carboxylic acids is 1. The van der Waals surface area contributed by atoms with Crippen molar-refractivity contribution in [3.05, 3.63) is 65.7 Å². The van der Waals surface area contributed by atoms with E-state index >= 15 is 0 Å². The third kappa shape index (κ3) is 29.9. The summed E-state index contributed by atoms with van der Waals surface area (Å²) in [6, 6.07) is 3.56. The normalized spacial score (nSPS) is 10.4. The van der Waals surface area contributed by atoms with Crippen LogP contribution in [0.5, 0.6) is 0 Å². The Kier molecular flexibility index (Phi) is 38.3. The fourth-order valence-electron chi connectivity index (χ4n) is 3.06. The zero-order chi connectivity index (χ0) is 32.7. The van der Waals surface area contributed by atoms with Crippen LogP contribution in [-0.4, -0.2) is 23.8 Å². The molecule has 7 heteroatoms. The van der Waals surface area contributed by atoms with Gasteiger partial charge in [-0.05, 0) is 51.7 Å². The van der Waals surface area contributed by atoms with Gasteiger partial charge in [0.05, 0.1) is 12.1 Å². The largest absolute Gasteiger partial charge is 0.419 e. The van der Waals surface area contributed by atoms with Gasteiger partial charge in [0.25, 0.3) is 0 Å². The van der Waals surface area contributed by atoms with Gasteiger partial charge in [-0.15, -0.1) is 6.58 Å².